The van der Waals surface area contributed by atoms with Crippen LogP contribution in [0.25, 0.3) is 0 Å². The highest BCUT2D eigenvalue weighted by atomic mass is 16.6. The zero-order valence-electron chi connectivity index (χ0n) is 5.95. The van der Waals surface area contributed by atoms with Crippen LogP contribution in [0.3, 0.4) is 0 Å². The van der Waals surface area contributed by atoms with Crippen LogP contribution in [0.2, 0.25) is 0 Å². The molecular formula is C8H8N2O. The van der Waals surface area contributed by atoms with Crippen LogP contribution in [0, 0.1) is 11.3 Å². The summed E-state index contributed by atoms with van der Waals surface area (Å²) in [6.07, 6.45) is 0. The summed E-state index contributed by atoms with van der Waals surface area (Å²) >= 11 is 0. The van der Waals surface area contributed by atoms with E-state index in [0.29, 0.717) is 12.2 Å². The van der Waals surface area contributed by atoms with Crippen molar-refractivity contribution in [3.63, 3.8) is 0 Å². The lowest BCUT2D eigenvalue weighted by Crippen LogP contribution is -1.98. The van der Waals surface area contributed by atoms with E-state index in [1.807, 2.05) is 18.2 Å². The first-order valence-corrected chi connectivity index (χ1v) is 3.17. The third kappa shape index (κ3) is 2.04. The molecule has 0 aromatic heterocycles. The molecule has 0 spiro atoms. The number of nitrogens with zero attached hydrogens (tertiary/aromatic N) is 1. The van der Waals surface area contributed by atoms with Crippen molar-refractivity contribution in [1.82, 2.24) is 0 Å². The van der Waals surface area contributed by atoms with Crippen LogP contribution in [0.5, 0.6) is 0 Å². The van der Waals surface area contributed by atoms with Gasteiger partial charge in [-0.2, -0.15) is 5.26 Å². The number of nitrogens with two attached hydrogens (primary N) is 1. The number of hydrogen-bond acceptors (Lipinski definition) is 3. The zero-order valence-corrected chi connectivity index (χ0v) is 5.95. The van der Waals surface area contributed by atoms with Crippen LogP contribution in [0.15, 0.2) is 24.3 Å². The molecule has 0 saturated carbocycles. The molecule has 0 aliphatic heterocycles. The molecule has 0 saturated heterocycles. The normalized spacial score (nSPS) is 9.09. The van der Waals surface area contributed by atoms with Crippen molar-refractivity contribution in [2.75, 3.05) is 0 Å². The van der Waals surface area contributed by atoms with E-state index in [2.05, 4.69) is 4.84 Å². The van der Waals surface area contributed by atoms with Crippen LogP contribution in [0.1, 0.15) is 11.1 Å². The minimum atomic E-state index is 0.381. The van der Waals surface area contributed by atoms with Crippen molar-refractivity contribution in [2.45, 2.75) is 6.61 Å². The Morgan fingerprint density at radius 1 is 1.36 bits per heavy atom. The Hall–Kier alpha value is -1.37. The summed E-state index contributed by atoms with van der Waals surface area (Å²) in [5, 5.41) is 8.45. The van der Waals surface area contributed by atoms with Gasteiger partial charge in [-0.3, -0.25) is 4.84 Å². The summed E-state index contributed by atoms with van der Waals surface area (Å²) in [5.41, 5.74) is 1.61. The fourth-order valence-corrected chi connectivity index (χ4v) is 0.772. The lowest BCUT2D eigenvalue weighted by molar-refractivity contribution is 0.124. The Bertz CT molecular complexity index is 260. The monoisotopic (exact) mass is 148 g/mol. The maximum atomic E-state index is 8.45. The quantitative estimate of drug-likeness (QED) is 0.635. The Balaban J connectivity index is 2.76. The van der Waals surface area contributed by atoms with Gasteiger partial charge in [0.2, 0.25) is 0 Å². The van der Waals surface area contributed by atoms with Crippen LogP contribution in [-0.2, 0) is 11.4 Å². The first-order chi connectivity index (χ1) is 5.36. The van der Waals surface area contributed by atoms with E-state index in [-0.39, 0.29) is 0 Å². The first kappa shape index (κ1) is 7.73. The molecule has 0 radical (unpaired) electrons. The Morgan fingerprint density at radius 2 is 2.00 bits per heavy atom. The minimum absolute atomic E-state index is 0.381. The molecule has 0 unspecified atom stereocenters. The summed E-state index contributed by atoms with van der Waals surface area (Å²) in [4.78, 5) is 4.42. The highest BCUT2D eigenvalue weighted by Crippen LogP contribution is 2.03. The van der Waals surface area contributed by atoms with Crippen molar-refractivity contribution < 1.29 is 4.84 Å². The average molecular weight is 148 g/mol. The van der Waals surface area contributed by atoms with E-state index in [1.54, 1.807) is 12.1 Å². The fourth-order valence-electron chi connectivity index (χ4n) is 0.772. The van der Waals surface area contributed by atoms with Crippen molar-refractivity contribution in [2.24, 2.45) is 5.90 Å². The largest absolute Gasteiger partial charge is 0.300 e. The molecule has 0 atom stereocenters. The van der Waals surface area contributed by atoms with Gasteiger partial charge in [-0.05, 0) is 17.7 Å². The number of hydrogen-bond donors (Lipinski definition) is 1. The lowest BCUT2D eigenvalue weighted by Gasteiger charge is -1.96. The number of rotatable bonds is 2. The average Bonchev–Trinajstić information content (AvgIpc) is 2.07. The summed E-state index contributed by atoms with van der Waals surface area (Å²) in [6, 6.07) is 9.11. The van der Waals surface area contributed by atoms with E-state index < -0.39 is 0 Å². The van der Waals surface area contributed by atoms with E-state index in [9.17, 15) is 0 Å². The smallest absolute Gasteiger partial charge is 0.0991 e. The first-order valence-electron chi connectivity index (χ1n) is 3.17. The fraction of sp³-hybridized carbons (Fsp3) is 0.125. The van der Waals surface area contributed by atoms with Gasteiger partial charge in [-0.25, -0.2) is 5.90 Å². The number of nitriles is 1. The molecule has 0 amide bonds. The van der Waals surface area contributed by atoms with Crippen molar-refractivity contribution in [1.29, 1.82) is 5.26 Å². The molecule has 3 nitrogen and oxygen atoms in total. The van der Waals surface area contributed by atoms with Crippen molar-refractivity contribution in [3.05, 3.63) is 35.4 Å². The Labute approximate surface area is 65.0 Å². The van der Waals surface area contributed by atoms with Crippen LogP contribution in [0.4, 0.5) is 0 Å². The van der Waals surface area contributed by atoms with Crippen molar-refractivity contribution >= 4 is 0 Å². The molecule has 2 N–H and O–H groups in total. The summed E-state index contributed by atoms with van der Waals surface area (Å²) in [6.45, 7) is 0.381. The highest BCUT2D eigenvalue weighted by molar-refractivity contribution is 5.31. The Kier molecular flexibility index (Phi) is 2.61. The van der Waals surface area contributed by atoms with E-state index >= 15 is 0 Å². The van der Waals surface area contributed by atoms with Gasteiger partial charge in [0.25, 0.3) is 0 Å². The van der Waals surface area contributed by atoms with Gasteiger partial charge in [0.05, 0.1) is 18.2 Å². The lowest BCUT2D eigenvalue weighted by atomic mass is 10.2. The molecule has 0 aliphatic rings. The molecular weight excluding hydrogens is 140 g/mol. The second kappa shape index (κ2) is 3.71. The Morgan fingerprint density at radius 3 is 2.45 bits per heavy atom. The van der Waals surface area contributed by atoms with Gasteiger partial charge in [0.15, 0.2) is 0 Å². The summed E-state index contributed by atoms with van der Waals surface area (Å²) in [7, 11) is 0. The van der Waals surface area contributed by atoms with Crippen LogP contribution < -0.4 is 5.90 Å². The van der Waals surface area contributed by atoms with Crippen LogP contribution in [-0.4, -0.2) is 0 Å². The summed E-state index contributed by atoms with van der Waals surface area (Å²) < 4.78 is 0. The van der Waals surface area contributed by atoms with Crippen molar-refractivity contribution in [3.8, 4) is 6.07 Å². The predicted octanol–water partition coefficient (Wildman–Crippen LogP) is 0.949. The van der Waals surface area contributed by atoms with Gasteiger partial charge in [-0.1, -0.05) is 12.1 Å². The molecule has 0 heterocycles. The maximum Gasteiger partial charge on any atom is 0.0991 e. The molecule has 3 heteroatoms. The van der Waals surface area contributed by atoms with Crippen LogP contribution >= 0.6 is 0 Å². The standard InChI is InChI=1S/C8H8N2O/c9-5-7-1-3-8(4-2-7)6-11-10/h1-4H,6,10H2. The SMILES string of the molecule is N#Cc1ccc(CON)cc1. The highest BCUT2D eigenvalue weighted by Gasteiger charge is 1.91. The van der Waals surface area contributed by atoms with Gasteiger partial charge in [0, 0.05) is 0 Å². The molecule has 0 aliphatic carbocycles. The molecule has 1 rings (SSSR count). The molecule has 0 fully saturated rings. The van der Waals surface area contributed by atoms with Gasteiger partial charge in [-0.15, -0.1) is 0 Å². The molecule has 1 aromatic carbocycles. The molecule has 0 bridgehead atoms. The topological polar surface area (TPSA) is 59.0 Å². The second-order valence-corrected chi connectivity index (χ2v) is 2.12. The van der Waals surface area contributed by atoms with E-state index in [4.69, 9.17) is 11.2 Å². The third-order valence-electron chi connectivity index (χ3n) is 1.33. The molecule has 1 aromatic rings. The summed E-state index contributed by atoms with van der Waals surface area (Å²) in [5.74, 6) is 4.87. The maximum absolute atomic E-state index is 8.45. The second-order valence-electron chi connectivity index (χ2n) is 2.12. The minimum Gasteiger partial charge on any atom is -0.300 e. The molecule has 56 valence electrons. The van der Waals surface area contributed by atoms with E-state index in [1.165, 1.54) is 0 Å². The van der Waals surface area contributed by atoms with Gasteiger partial charge in [0.1, 0.15) is 0 Å². The van der Waals surface area contributed by atoms with Gasteiger partial charge < -0.3 is 0 Å². The zero-order chi connectivity index (χ0) is 8.10. The third-order valence-corrected chi connectivity index (χ3v) is 1.33. The van der Waals surface area contributed by atoms with Gasteiger partial charge >= 0.3 is 0 Å². The number of benzene rings is 1. The van der Waals surface area contributed by atoms with E-state index in [0.717, 1.165) is 5.56 Å². The molecule has 11 heavy (non-hydrogen) atoms. The predicted molar refractivity (Wildman–Crippen MR) is 40.1 cm³/mol.